The third kappa shape index (κ3) is 2.78. The van der Waals surface area contributed by atoms with Gasteiger partial charge in [0.05, 0.1) is 11.4 Å². The topological polar surface area (TPSA) is 95.6 Å². The molecule has 5 N–H and O–H groups in total. The molecule has 0 aliphatic heterocycles. The normalized spacial score (nSPS) is 16.1. The number of carbonyl (C=O) groups is 1. The van der Waals surface area contributed by atoms with Crippen LogP contribution in [0.15, 0.2) is 12.1 Å². The molecule has 5 nitrogen and oxygen atoms in total. The summed E-state index contributed by atoms with van der Waals surface area (Å²) >= 11 is 0. The fourth-order valence-corrected chi connectivity index (χ4v) is 2.18. The Hall–Kier alpha value is -1.82. The van der Waals surface area contributed by atoms with Crippen LogP contribution in [0.2, 0.25) is 0 Å². The van der Waals surface area contributed by atoms with Gasteiger partial charge >= 0.3 is 5.97 Å². The van der Waals surface area contributed by atoms with Gasteiger partial charge in [-0.1, -0.05) is 0 Å². The summed E-state index contributed by atoms with van der Waals surface area (Å²) in [6, 6.07) is 2.53. The zero-order valence-corrected chi connectivity index (χ0v) is 10.4. The van der Waals surface area contributed by atoms with E-state index in [9.17, 15) is 9.18 Å². The molecule has 2 rings (SSSR count). The number of anilines is 2. The van der Waals surface area contributed by atoms with Crippen molar-refractivity contribution in [3.63, 3.8) is 0 Å². The molecule has 6 heteroatoms. The average molecular weight is 268 g/mol. The van der Waals surface area contributed by atoms with Crippen molar-refractivity contribution in [3.05, 3.63) is 23.5 Å². The molecule has 1 aromatic carbocycles. The van der Waals surface area contributed by atoms with Gasteiger partial charge in [0.25, 0.3) is 0 Å². The molecule has 0 saturated heterocycles. The van der Waals surface area contributed by atoms with E-state index in [-0.39, 0.29) is 23.3 Å². The van der Waals surface area contributed by atoms with Crippen LogP contribution < -0.4 is 11.1 Å². The van der Waals surface area contributed by atoms with Gasteiger partial charge in [0.1, 0.15) is 11.4 Å². The van der Waals surface area contributed by atoms with E-state index >= 15 is 0 Å². The lowest BCUT2D eigenvalue weighted by Crippen LogP contribution is -2.19. The summed E-state index contributed by atoms with van der Waals surface area (Å²) in [6.07, 6.45) is 2.68. The number of nitrogens with one attached hydrogen (secondary N) is 1. The number of hydrogen-bond acceptors (Lipinski definition) is 4. The number of halogens is 1. The second-order valence-electron chi connectivity index (χ2n) is 5.02. The van der Waals surface area contributed by atoms with Crippen molar-refractivity contribution < 1.29 is 19.4 Å². The van der Waals surface area contributed by atoms with Gasteiger partial charge in [-0.3, -0.25) is 0 Å². The highest BCUT2D eigenvalue weighted by atomic mass is 19.1. The Bertz CT molecular complexity index is 501. The number of nitrogen functional groups attached to an aromatic ring is 1. The van der Waals surface area contributed by atoms with Crippen molar-refractivity contribution in [2.75, 3.05) is 24.2 Å². The molecule has 0 heterocycles. The monoisotopic (exact) mass is 268 g/mol. The molecule has 0 spiro atoms. The van der Waals surface area contributed by atoms with Gasteiger partial charge in [0.2, 0.25) is 0 Å². The van der Waals surface area contributed by atoms with Crippen LogP contribution in [0.4, 0.5) is 15.8 Å². The van der Waals surface area contributed by atoms with Crippen LogP contribution >= 0.6 is 0 Å². The number of rotatable bonds is 6. The maximum absolute atomic E-state index is 13.3. The fraction of sp³-hybridized carbons (Fsp3) is 0.462. The van der Waals surface area contributed by atoms with E-state index < -0.39 is 11.8 Å². The highest BCUT2D eigenvalue weighted by Gasteiger charge is 2.41. The Morgan fingerprint density at radius 3 is 2.68 bits per heavy atom. The molecular formula is C13H17FN2O3. The van der Waals surface area contributed by atoms with E-state index in [1.165, 1.54) is 6.07 Å². The summed E-state index contributed by atoms with van der Waals surface area (Å²) in [6.45, 7) is 0.665. The van der Waals surface area contributed by atoms with Gasteiger partial charge in [-0.15, -0.1) is 0 Å². The number of aliphatic hydroxyl groups is 1. The lowest BCUT2D eigenvalue weighted by molar-refractivity contribution is 0.0698. The molecule has 0 atom stereocenters. The molecule has 1 aromatic rings. The van der Waals surface area contributed by atoms with Crippen LogP contribution in [0.1, 0.15) is 29.6 Å². The van der Waals surface area contributed by atoms with Crippen molar-refractivity contribution in [3.8, 4) is 0 Å². The third-order valence-electron chi connectivity index (χ3n) is 3.66. The Morgan fingerprint density at radius 1 is 1.47 bits per heavy atom. The van der Waals surface area contributed by atoms with Gasteiger partial charge in [-0.05, 0) is 36.8 Å². The number of benzene rings is 1. The first-order valence-electron chi connectivity index (χ1n) is 6.15. The molecule has 0 unspecified atom stereocenters. The fourth-order valence-electron chi connectivity index (χ4n) is 2.18. The minimum atomic E-state index is -1.26. The van der Waals surface area contributed by atoms with Crippen molar-refractivity contribution in [1.82, 2.24) is 0 Å². The first-order valence-corrected chi connectivity index (χ1v) is 6.15. The summed E-state index contributed by atoms with van der Waals surface area (Å²) in [4.78, 5) is 11.1. The highest BCUT2D eigenvalue weighted by molar-refractivity contribution is 6.00. The molecule has 1 saturated carbocycles. The SMILES string of the molecule is Nc1c(F)ccc(NCC2(CCO)CC2)c1C(=O)O. The minimum Gasteiger partial charge on any atom is -0.478 e. The molecule has 1 aliphatic carbocycles. The molecular weight excluding hydrogens is 251 g/mol. The van der Waals surface area contributed by atoms with Crippen molar-refractivity contribution in [2.24, 2.45) is 5.41 Å². The van der Waals surface area contributed by atoms with Crippen LogP contribution in [0.5, 0.6) is 0 Å². The number of carboxylic acids is 1. The second kappa shape index (κ2) is 5.05. The summed E-state index contributed by atoms with van der Waals surface area (Å²) in [5.74, 6) is -1.99. The maximum atomic E-state index is 13.3. The van der Waals surface area contributed by atoms with E-state index in [4.69, 9.17) is 15.9 Å². The van der Waals surface area contributed by atoms with Crippen molar-refractivity contribution in [1.29, 1.82) is 0 Å². The number of hydrogen-bond donors (Lipinski definition) is 4. The smallest absolute Gasteiger partial charge is 0.340 e. The zero-order chi connectivity index (χ0) is 14.0. The van der Waals surface area contributed by atoms with Gasteiger partial charge < -0.3 is 21.3 Å². The van der Waals surface area contributed by atoms with Gasteiger partial charge in [-0.25, -0.2) is 9.18 Å². The van der Waals surface area contributed by atoms with E-state index in [1.54, 1.807) is 0 Å². The Balaban J connectivity index is 2.16. The first-order chi connectivity index (χ1) is 8.99. The van der Waals surface area contributed by atoms with Gasteiger partial charge in [-0.2, -0.15) is 0 Å². The summed E-state index contributed by atoms with van der Waals surface area (Å²) in [7, 11) is 0. The summed E-state index contributed by atoms with van der Waals surface area (Å²) in [5.41, 5.74) is 5.22. The average Bonchev–Trinajstić information content (AvgIpc) is 3.11. The van der Waals surface area contributed by atoms with E-state index in [2.05, 4.69) is 5.32 Å². The molecule has 1 aliphatic rings. The Kier molecular flexibility index (Phi) is 3.61. The van der Waals surface area contributed by atoms with Gasteiger partial charge in [0, 0.05) is 13.2 Å². The molecule has 104 valence electrons. The van der Waals surface area contributed by atoms with Crippen LogP contribution in [0.25, 0.3) is 0 Å². The van der Waals surface area contributed by atoms with E-state index in [1.807, 2.05) is 0 Å². The van der Waals surface area contributed by atoms with Crippen molar-refractivity contribution in [2.45, 2.75) is 19.3 Å². The molecule has 0 bridgehead atoms. The molecule has 0 amide bonds. The Labute approximate surface area is 110 Å². The maximum Gasteiger partial charge on any atom is 0.340 e. The number of aromatic carboxylic acids is 1. The standard InChI is InChI=1S/C13H17FN2O3/c14-8-1-2-9(10(11(8)15)12(18)19)16-7-13(3-4-13)5-6-17/h1-2,16-17H,3-7,15H2,(H,18,19). The van der Waals surface area contributed by atoms with E-state index in [0.717, 1.165) is 18.9 Å². The quantitative estimate of drug-likeness (QED) is 0.589. The predicted octanol–water partition coefficient (Wildman–Crippen LogP) is 1.68. The lowest BCUT2D eigenvalue weighted by atomic mass is 10.0. The van der Waals surface area contributed by atoms with Crippen LogP contribution in [-0.2, 0) is 0 Å². The Morgan fingerprint density at radius 2 is 2.16 bits per heavy atom. The van der Waals surface area contributed by atoms with Gasteiger partial charge in [0.15, 0.2) is 0 Å². The summed E-state index contributed by atoms with van der Waals surface area (Å²) < 4.78 is 13.3. The zero-order valence-electron chi connectivity index (χ0n) is 10.4. The predicted molar refractivity (Wildman–Crippen MR) is 69.6 cm³/mol. The largest absolute Gasteiger partial charge is 0.478 e. The molecule has 1 fully saturated rings. The van der Waals surface area contributed by atoms with E-state index in [0.29, 0.717) is 18.7 Å². The molecule has 0 aromatic heterocycles. The third-order valence-corrected chi connectivity index (χ3v) is 3.66. The number of aliphatic hydroxyl groups excluding tert-OH is 1. The highest BCUT2D eigenvalue weighted by Crippen LogP contribution is 2.48. The summed E-state index contributed by atoms with van der Waals surface area (Å²) in [5, 5.41) is 21.1. The number of carboxylic acid groups (broad SMARTS) is 1. The number of nitrogens with two attached hydrogens (primary N) is 1. The first kappa shape index (κ1) is 13.6. The second-order valence-corrected chi connectivity index (χ2v) is 5.02. The molecule has 0 radical (unpaired) electrons. The van der Waals surface area contributed by atoms with Crippen LogP contribution in [0, 0.1) is 11.2 Å². The van der Waals surface area contributed by atoms with Crippen LogP contribution in [-0.4, -0.2) is 29.3 Å². The van der Waals surface area contributed by atoms with Crippen LogP contribution in [0.3, 0.4) is 0 Å². The molecule has 19 heavy (non-hydrogen) atoms. The lowest BCUT2D eigenvalue weighted by Gasteiger charge is -2.17. The minimum absolute atomic E-state index is 0.0354. The van der Waals surface area contributed by atoms with Crippen molar-refractivity contribution >= 4 is 17.3 Å².